The minimum absolute atomic E-state index is 0.483. The minimum Gasteiger partial charge on any atom is -0.278 e. The van der Waals surface area contributed by atoms with Crippen LogP contribution in [0, 0.1) is 0 Å². The van der Waals surface area contributed by atoms with Crippen molar-refractivity contribution in [2.75, 3.05) is 0 Å². The fourth-order valence-corrected chi connectivity index (χ4v) is 1.41. The number of aromatic nitrogens is 2. The molecule has 1 heterocycles. The van der Waals surface area contributed by atoms with Gasteiger partial charge < -0.3 is 0 Å². The molecule has 0 atom stereocenters. The van der Waals surface area contributed by atoms with Crippen LogP contribution < -0.4 is 5.46 Å². The highest BCUT2D eigenvalue weighted by Crippen LogP contribution is 2.14. The first-order valence-corrected chi connectivity index (χ1v) is 4.55. The summed E-state index contributed by atoms with van der Waals surface area (Å²) in [5.74, 6) is 0. The van der Waals surface area contributed by atoms with Gasteiger partial charge in [0.2, 0.25) is 0 Å². The molecule has 0 saturated heterocycles. The van der Waals surface area contributed by atoms with Crippen molar-refractivity contribution in [1.82, 2.24) is 10.2 Å². The van der Waals surface area contributed by atoms with Gasteiger partial charge in [-0.05, 0) is 17.1 Å². The summed E-state index contributed by atoms with van der Waals surface area (Å²) in [6.45, 7) is 0. The molecule has 1 aromatic heterocycles. The monoisotopic (exact) mass is 220 g/mol. The Morgan fingerprint density at radius 2 is 2.00 bits per heavy atom. The fourth-order valence-electron chi connectivity index (χ4n) is 1.41. The first-order chi connectivity index (χ1) is 7.85. The Morgan fingerprint density at radius 1 is 1.19 bits per heavy atom. The maximum absolute atomic E-state index is 8.50. The molecule has 6 nitrogen and oxygen atoms in total. The van der Waals surface area contributed by atoms with E-state index in [0.717, 1.165) is 11.3 Å². The Morgan fingerprint density at radius 3 is 2.62 bits per heavy atom. The number of nitrogens with one attached hydrogen (secondary N) is 1. The van der Waals surface area contributed by atoms with Crippen molar-refractivity contribution in [3.05, 3.63) is 36.5 Å². The summed E-state index contributed by atoms with van der Waals surface area (Å²) >= 11 is 0. The van der Waals surface area contributed by atoms with Crippen molar-refractivity contribution in [1.29, 1.82) is 0 Å². The molecule has 0 radical (unpaired) electrons. The van der Waals surface area contributed by atoms with E-state index >= 15 is 0 Å². The maximum atomic E-state index is 8.50. The third-order valence-corrected chi connectivity index (χ3v) is 2.16. The molecule has 2 aromatic rings. The number of hydrogen-bond acceptors (Lipinski definition) is 5. The quantitative estimate of drug-likeness (QED) is 0.402. The van der Waals surface area contributed by atoms with Gasteiger partial charge in [-0.15, -0.1) is 0 Å². The van der Waals surface area contributed by atoms with Crippen LogP contribution in [-0.4, -0.2) is 27.8 Å². The number of H-pyrrole nitrogens is 1. The average molecular weight is 220 g/mol. The van der Waals surface area contributed by atoms with E-state index < -0.39 is 7.12 Å². The van der Waals surface area contributed by atoms with Gasteiger partial charge in [0.1, 0.15) is 0 Å². The average Bonchev–Trinajstić information content (AvgIpc) is 2.85. The van der Waals surface area contributed by atoms with Crippen LogP contribution in [0.25, 0.3) is 11.3 Å². The van der Waals surface area contributed by atoms with E-state index in [1.807, 2.05) is 6.07 Å². The van der Waals surface area contributed by atoms with Crippen molar-refractivity contribution >= 4 is 12.6 Å². The molecule has 0 spiro atoms. The third-order valence-electron chi connectivity index (χ3n) is 2.16. The molecular weight excluding hydrogens is 211 g/mol. The molecule has 3 N–H and O–H groups in total. The van der Waals surface area contributed by atoms with Crippen LogP contribution in [0.5, 0.6) is 0 Å². The Kier molecular flexibility index (Phi) is 3.32. The predicted octanol–water partition coefficient (Wildman–Crippen LogP) is 0.751. The van der Waals surface area contributed by atoms with E-state index in [1.54, 1.807) is 30.5 Å². The molecule has 0 unspecified atom stereocenters. The second kappa shape index (κ2) is 4.91. The predicted molar refractivity (Wildman–Crippen MR) is 56.8 cm³/mol. The van der Waals surface area contributed by atoms with E-state index in [9.17, 15) is 0 Å². The summed E-state index contributed by atoms with van der Waals surface area (Å²) in [7, 11) is -1.22. The normalized spacial score (nSPS) is 10.4. The van der Waals surface area contributed by atoms with Gasteiger partial charge in [-0.1, -0.05) is 24.3 Å². The first kappa shape index (κ1) is 10.8. The van der Waals surface area contributed by atoms with Crippen LogP contribution in [0.3, 0.4) is 0 Å². The van der Waals surface area contributed by atoms with Gasteiger partial charge in [0.15, 0.2) is 0 Å². The Bertz CT molecular complexity index is 445. The van der Waals surface area contributed by atoms with Crippen LogP contribution in [0.4, 0.5) is 0 Å². The van der Waals surface area contributed by atoms with E-state index in [-0.39, 0.29) is 0 Å². The zero-order valence-electron chi connectivity index (χ0n) is 8.20. The number of rotatable bonds is 4. The SMILES string of the molecule is OOB(OO)c1cccc(-c2ccn[nH]2)c1. The van der Waals surface area contributed by atoms with Gasteiger partial charge in [0, 0.05) is 6.20 Å². The van der Waals surface area contributed by atoms with Gasteiger partial charge in [-0.2, -0.15) is 5.10 Å². The summed E-state index contributed by atoms with van der Waals surface area (Å²) in [6.07, 6.45) is 1.63. The lowest BCUT2D eigenvalue weighted by atomic mass is 9.79. The van der Waals surface area contributed by atoms with Crippen LogP contribution in [-0.2, 0) is 9.61 Å². The maximum Gasteiger partial charge on any atom is 0.554 e. The molecular formula is C9H9BN2O4. The van der Waals surface area contributed by atoms with Gasteiger partial charge >= 0.3 is 7.12 Å². The third kappa shape index (κ3) is 2.12. The van der Waals surface area contributed by atoms with E-state index in [1.165, 1.54) is 0 Å². The molecule has 0 aliphatic heterocycles. The van der Waals surface area contributed by atoms with Gasteiger partial charge in [0.05, 0.1) is 5.69 Å². The smallest absolute Gasteiger partial charge is 0.278 e. The minimum atomic E-state index is -1.22. The summed E-state index contributed by atoms with van der Waals surface area (Å²) in [4.78, 5) is 7.92. The molecule has 0 bridgehead atoms. The fraction of sp³-hybridized carbons (Fsp3) is 0. The standard InChI is InChI=1S/C9H9BN2O4/c13-15-10(16-14)8-3-1-2-7(6-8)9-4-5-11-12-9/h1-6,13-14H,(H,11,12). The van der Waals surface area contributed by atoms with Crippen LogP contribution >= 0.6 is 0 Å². The van der Waals surface area contributed by atoms with Gasteiger partial charge in [-0.3, -0.25) is 25.2 Å². The van der Waals surface area contributed by atoms with Crippen molar-refractivity contribution in [3.8, 4) is 11.3 Å². The van der Waals surface area contributed by atoms with Gasteiger partial charge in [0.25, 0.3) is 0 Å². The zero-order valence-corrected chi connectivity index (χ0v) is 8.20. The number of benzene rings is 1. The molecule has 0 fully saturated rings. The largest absolute Gasteiger partial charge is 0.554 e. The van der Waals surface area contributed by atoms with E-state index in [0.29, 0.717) is 5.46 Å². The summed E-state index contributed by atoms with van der Waals surface area (Å²) in [5.41, 5.74) is 2.14. The number of nitrogens with zero attached hydrogens (tertiary/aromatic N) is 1. The number of hydrogen-bond donors (Lipinski definition) is 3. The zero-order chi connectivity index (χ0) is 11.4. The van der Waals surface area contributed by atoms with Crippen LogP contribution in [0.1, 0.15) is 0 Å². The summed E-state index contributed by atoms with van der Waals surface area (Å²) < 4.78 is 0. The van der Waals surface area contributed by atoms with Crippen LogP contribution in [0.2, 0.25) is 0 Å². The molecule has 0 saturated carbocycles. The Labute approximate surface area is 91.5 Å². The Hall–Kier alpha value is -1.67. The van der Waals surface area contributed by atoms with Crippen molar-refractivity contribution in [3.63, 3.8) is 0 Å². The molecule has 2 rings (SSSR count). The topological polar surface area (TPSA) is 87.6 Å². The molecule has 16 heavy (non-hydrogen) atoms. The molecule has 0 aliphatic rings. The van der Waals surface area contributed by atoms with Crippen molar-refractivity contribution in [2.45, 2.75) is 0 Å². The highest BCUT2D eigenvalue weighted by atomic mass is 17.2. The van der Waals surface area contributed by atoms with Gasteiger partial charge in [-0.25, -0.2) is 0 Å². The van der Waals surface area contributed by atoms with Crippen molar-refractivity contribution < 1.29 is 20.1 Å². The second-order valence-corrected chi connectivity index (χ2v) is 3.14. The Balaban J connectivity index is 2.33. The van der Waals surface area contributed by atoms with E-state index in [4.69, 9.17) is 10.5 Å². The van der Waals surface area contributed by atoms with Crippen molar-refractivity contribution in [2.24, 2.45) is 0 Å². The summed E-state index contributed by atoms with van der Waals surface area (Å²) in [6, 6.07) is 8.74. The number of aromatic amines is 1. The lowest BCUT2D eigenvalue weighted by molar-refractivity contribution is -0.221. The summed E-state index contributed by atoms with van der Waals surface area (Å²) in [5, 5.41) is 23.6. The van der Waals surface area contributed by atoms with E-state index in [2.05, 4.69) is 19.8 Å². The first-order valence-electron chi connectivity index (χ1n) is 4.55. The second-order valence-electron chi connectivity index (χ2n) is 3.14. The molecule has 0 aliphatic carbocycles. The molecule has 0 amide bonds. The highest BCUT2D eigenvalue weighted by molar-refractivity contribution is 6.60. The molecule has 7 heteroatoms. The highest BCUT2D eigenvalue weighted by Gasteiger charge is 2.22. The molecule has 82 valence electrons. The lowest BCUT2D eigenvalue weighted by Crippen LogP contribution is -2.35. The van der Waals surface area contributed by atoms with Crippen LogP contribution in [0.15, 0.2) is 36.5 Å². The lowest BCUT2D eigenvalue weighted by Gasteiger charge is -2.06. The molecule has 1 aromatic carbocycles.